The molecule has 0 heterocycles. The largest absolute Gasteiger partial charge is 0.330 e. The van der Waals surface area contributed by atoms with Crippen molar-refractivity contribution in [2.75, 3.05) is 12.3 Å². The van der Waals surface area contributed by atoms with Crippen LogP contribution in [0.5, 0.6) is 0 Å². The van der Waals surface area contributed by atoms with Crippen molar-refractivity contribution in [1.82, 2.24) is 0 Å². The SMILES string of the molecule is CC(C)(CN)CCS(=O)c1ccccc1F. The first-order chi connectivity index (χ1) is 7.46. The van der Waals surface area contributed by atoms with Crippen LogP contribution in [0.1, 0.15) is 20.3 Å². The second kappa shape index (κ2) is 5.55. The highest BCUT2D eigenvalue weighted by atomic mass is 32.2. The van der Waals surface area contributed by atoms with Gasteiger partial charge in [0.1, 0.15) is 5.82 Å². The van der Waals surface area contributed by atoms with E-state index in [1.807, 2.05) is 13.8 Å². The molecule has 0 aliphatic carbocycles. The third kappa shape index (κ3) is 3.68. The van der Waals surface area contributed by atoms with Gasteiger partial charge in [0, 0.05) is 5.75 Å². The zero-order chi connectivity index (χ0) is 12.2. The Kier molecular flexibility index (Phi) is 4.62. The molecule has 1 aromatic rings. The molecule has 0 bridgehead atoms. The van der Waals surface area contributed by atoms with Gasteiger partial charge in [0.05, 0.1) is 15.7 Å². The number of hydrogen-bond donors (Lipinski definition) is 1. The van der Waals surface area contributed by atoms with Crippen molar-refractivity contribution < 1.29 is 8.60 Å². The van der Waals surface area contributed by atoms with Crippen molar-refractivity contribution in [3.05, 3.63) is 30.1 Å². The Hall–Kier alpha value is -0.740. The van der Waals surface area contributed by atoms with Gasteiger partial charge in [-0.25, -0.2) is 4.39 Å². The van der Waals surface area contributed by atoms with Gasteiger partial charge >= 0.3 is 0 Å². The van der Waals surface area contributed by atoms with Crippen molar-refractivity contribution in [3.8, 4) is 0 Å². The van der Waals surface area contributed by atoms with Crippen LogP contribution >= 0.6 is 0 Å². The smallest absolute Gasteiger partial charge is 0.139 e. The summed E-state index contributed by atoms with van der Waals surface area (Å²) in [5, 5.41) is 0. The maximum Gasteiger partial charge on any atom is 0.139 e. The predicted octanol–water partition coefficient (Wildman–Crippen LogP) is 2.31. The number of hydrogen-bond acceptors (Lipinski definition) is 2. The van der Waals surface area contributed by atoms with Crippen molar-refractivity contribution >= 4 is 10.8 Å². The third-order valence-corrected chi connectivity index (χ3v) is 4.00. The third-order valence-electron chi connectivity index (χ3n) is 2.60. The predicted molar refractivity (Wildman–Crippen MR) is 65.1 cm³/mol. The second-order valence-electron chi connectivity index (χ2n) is 4.60. The number of benzene rings is 1. The van der Waals surface area contributed by atoms with Gasteiger partial charge in [-0.2, -0.15) is 0 Å². The van der Waals surface area contributed by atoms with E-state index in [1.54, 1.807) is 18.2 Å². The molecule has 2 nitrogen and oxygen atoms in total. The van der Waals surface area contributed by atoms with Gasteiger partial charge in [0.15, 0.2) is 0 Å². The van der Waals surface area contributed by atoms with Crippen LogP contribution < -0.4 is 5.73 Å². The average Bonchev–Trinajstić information content (AvgIpc) is 2.27. The van der Waals surface area contributed by atoms with Crippen LogP contribution in [0.2, 0.25) is 0 Å². The van der Waals surface area contributed by atoms with E-state index in [2.05, 4.69) is 0 Å². The molecule has 0 saturated carbocycles. The maximum atomic E-state index is 13.3. The van der Waals surface area contributed by atoms with Gasteiger partial charge in [-0.05, 0) is 30.5 Å². The molecule has 1 atom stereocenters. The summed E-state index contributed by atoms with van der Waals surface area (Å²) in [6.45, 7) is 4.58. The fraction of sp³-hybridized carbons (Fsp3) is 0.500. The topological polar surface area (TPSA) is 43.1 Å². The minimum atomic E-state index is -1.27. The van der Waals surface area contributed by atoms with E-state index < -0.39 is 16.6 Å². The molecule has 2 N–H and O–H groups in total. The van der Waals surface area contributed by atoms with Crippen molar-refractivity contribution in [2.45, 2.75) is 25.2 Å². The zero-order valence-electron chi connectivity index (χ0n) is 9.70. The van der Waals surface area contributed by atoms with Crippen LogP contribution in [0, 0.1) is 11.2 Å². The summed E-state index contributed by atoms with van der Waals surface area (Å²) in [7, 11) is -1.27. The molecule has 16 heavy (non-hydrogen) atoms. The van der Waals surface area contributed by atoms with Crippen LogP contribution in [-0.4, -0.2) is 16.5 Å². The average molecular weight is 243 g/mol. The van der Waals surface area contributed by atoms with E-state index in [-0.39, 0.29) is 10.3 Å². The zero-order valence-corrected chi connectivity index (χ0v) is 10.5. The first-order valence-electron chi connectivity index (χ1n) is 5.29. The fourth-order valence-corrected chi connectivity index (χ4v) is 2.68. The molecule has 0 radical (unpaired) electrons. The molecule has 0 saturated heterocycles. The van der Waals surface area contributed by atoms with Gasteiger partial charge in [-0.1, -0.05) is 26.0 Å². The fourth-order valence-electron chi connectivity index (χ4n) is 1.21. The molecule has 1 aromatic carbocycles. The molecule has 0 spiro atoms. The van der Waals surface area contributed by atoms with Gasteiger partial charge < -0.3 is 5.73 Å². The van der Waals surface area contributed by atoms with Crippen LogP contribution in [0.4, 0.5) is 4.39 Å². The Labute approximate surface area is 98.5 Å². The van der Waals surface area contributed by atoms with Gasteiger partial charge in [0.2, 0.25) is 0 Å². The highest BCUT2D eigenvalue weighted by Gasteiger charge is 2.18. The summed E-state index contributed by atoms with van der Waals surface area (Å²) in [6, 6.07) is 6.20. The molecule has 0 aromatic heterocycles. The lowest BCUT2D eigenvalue weighted by Gasteiger charge is -2.21. The Balaban J connectivity index is 2.64. The molecule has 1 unspecified atom stereocenters. The van der Waals surface area contributed by atoms with Gasteiger partial charge in [-0.15, -0.1) is 0 Å². The van der Waals surface area contributed by atoms with E-state index in [4.69, 9.17) is 5.73 Å². The summed E-state index contributed by atoms with van der Waals surface area (Å²) in [5.41, 5.74) is 5.55. The maximum absolute atomic E-state index is 13.3. The Morgan fingerprint density at radius 2 is 2.00 bits per heavy atom. The minimum absolute atomic E-state index is 0.0408. The van der Waals surface area contributed by atoms with E-state index in [0.29, 0.717) is 12.3 Å². The molecule has 0 aliphatic heterocycles. The quantitative estimate of drug-likeness (QED) is 0.862. The lowest BCUT2D eigenvalue weighted by molar-refractivity contribution is 0.367. The molecule has 0 fully saturated rings. The Bertz CT molecular complexity index is 379. The number of rotatable bonds is 5. The molecule has 1 rings (SSSR count). The van der Waals surface area contributed by atoms with Crippen LogP contribution in [0.25, 0.3) is 0 Å². The summed E-state index contributed by atoms with van der Waals surface area (Å²) in [6.07, 6.45) is 0.727. The normalized spacial score (nSPS) is 13.8. The highest BCUT2D eigenvalue weighted by Crippen LogP contribution is 2.21. The van der Waals surface area contributed by atoms with Crippen LogP contribution in [0.3, 0.4) is 0 Å². The summed E-state index contributed by atoms with van der Waals surface area (Å²) in [4.78, 5) is 0.287. The highest BCUT2D eigenvalue weighted by molar-refractivity contribution is 7.85. The lowest BCUT2D eigenvalue weighted by atomic mass is 9.91. The molecular formula is C12H18FNOS. The second-order valence-corrected chi connectivity index (χ2v) is 6.14. The Morgan fingerprint density at radius 3 is 2.56 bits per heavy atom. The standard InChI is InChI=1S/C12H18FNOS/c1-12(2,9-14)7-8-16(15)11-6-4-3-5-10(11)13/h3-6H,7-9,14H2,1-2H3. The molecule has 0 aliphatic rings. The van der Waals surface area contributed by atoms with E-state index in [0.717, 1.165) is 6.42 Å². The number of nitrogens with two attached hydrogens (primary N) is 1. The molecule has 0 amide bonds. The summed E-state index contributed by atoms with van der Waals surface area (Å²) < 4.78 is 25.2. The molecule has 90 valence electrons. The van der Waals surface area contributed by atoms with Crippen molar-refractivity contribution in [3.63, 3.8) is 0 Å². The molecular weight excluding hydrogens is 225 g/mol. The first-order valence-corrected chi connectivity index (χ1v) is 6.61. The number of halogens is 1. The van der Waals surface area contributed by atoms with Gasteiger partial charge in [-0.3, -0.25) is 4.21 Å². The first kappa shape index (κ1) is 13.3. The van der Waals surface area contributed by atoms with E-state index in [1.165, 1.54) is 6.07 Å². The monoisotopic (exact) mass is 243 g/mol. The minimum Gasteiger partial charge on any atom is -0.330 e. The van der Waals surface area contributed by atoms with E-state index in [9.17, 15) is 8.60 Å². The van der Waals surface area contributed by atoms with Crippen molar-refractivity contribution in [2.24, 2.45) is 11.1 Å². The Morgan fingerprint density at radius 1 is 1.38 bits per heavy atom. The van der Waals surface area contributed by atoms with Crippen molar-refractivity contribution in [1.29, 1.82) is 0 Å². The summed E-state index contributed by atoms with van der Waals surface area (Å²) >= 11 is 0. The lowest BCUT2D eigenvalue weighted by Crippen LogP contribution is -2.25. The molecule has 4 heteroatoms. The van der Waals surface area contributed by atoms with Crippen LogP contribution in [-0.2, 0) is 10.8 Å². The van der Waals surface area contributed by atoms with Gasteiger partial charge in [0.25, 0.3) is 0 Å². The van der Waals surface area contributed by atoms with Crippen LogP contribution in [0.15, 0.2) is 29.2 Å². The summed E-state index contributed by atoms with van der Waals surface area (Å²) in [5.74, 6) is 0.0527. The van der Waals surface area contributed by atoms with E-state index >= 15 is 0 Å².